The minimum atomic E-state index is -4.48. The highest BCUT2D eigenvalue weighted by atomic mass is 32.2. The number of nitrogens with zero attached hydrogens (tertiary/aromatic N) is 4. The van der Waals surface area contributed by atoms with Gasteiger partial charge in [-0.15, -0.1) is 22.0 Å². The summed E-state index contributed by atoms with van der Waals surface area (Å²) in [6, 6.07) is -0.786. The molecule has 0 radical (unpaired) electrons. The van der Waals surface area contributed by atoms with Crippen molar-refractivity contribution >= 4 is 43.0 Å². The van der Waals surface area contributed by atoms with E-state index in [1.54, 1.807) is 0 Å². The highest BCUT2D eigenvalue weighted by molar-refractivity contribution is 8.01. The molecule has 3 rings (SSSR count). The smallest absolute Gasteiger partial charge is 0.352 e. The van der Waals surface area contributed by atoms with Gasteiger partial charge in [-0.1, -0.05) is 11.8 Å². The molecule has 2 aliphatic heterocycles. The van der Waals surface area contributed by atoms with Crippen molar-refractivity contribution in [3.63, 3.8) is 0 Å². The van der Waals surface area contributed by atoms with Gasteiger partial charge in [-0.3, -0.25) is 14.3 Å². The summed E-state index contributed by atoms with van der Waals surface area (Å²) in [5.74, 6) is -1.73. The summed E-state index contributed by atoms with van der Waals surface area (Å²) in [6.07, 6.45) is -0.627. The quantitative estimate of drug-likeness (QED) is 0.206. The first-order valence-electron chi connectivity index (χ1n) is 6.80. The van der Waals surface area contributed by atoms with E-state index in [4.69, 9.17) is 5.73 Å². The number of tetrazole rings is 1. The molecule has 1 saturated heterocycles. The molecule has 0 aliphatic carbocycles. The molecule has 12 nitrogen and oxygen atoms in total. The van der Waals surface area contributed by atoms with Crippen molar-refractivity contribution < 1.29 is 29.0 Å². The summed E-state index contributed by atoms with van der Waals surface area (Å²) in [4.78, 5) is 43.5. The number of nitrogens with one attached hydrogen (secondary N) is 1. The van der Waals surface area contributed by atoms with Gasteiger partial charge < -0.3 is 20.6 Å². The standard InChI is InChI=1S/C10H13N6O6PS2/c11-5-7(17)16-6(9(18)19)3(2-24-8(5)16)4(1-23(20,21)22)25-10-12-14-15-13-10/h4-5,8H,1-2,11H2,(H,18,19)(H2,20,21,22)(H,12,13,14,15)/t4?,5-,8-/m1/s1. The molecule has 3 atom stereocenters. The van der Waals surface area contributed by atoms with Crippen LogP contribution in [0.5, 0.6) is 0 Å². The Hall–Kier alpha value is -1.44. The maximum atomic E-state index is 12.0. The predicted molar refractivity (Wildman–Crippen MR) is 86.5 cm³/mol. The maximum Gasteiger partial charge on any atom is 0.352 e. The van der Waals surface area contributed by atoms with Crippen LogP contribution in [-0.2, 0) is 14.2 Å². The molecular weight excluding hydrogens is 395 g/mol. The SMILES string of the molecule is N[C@@H]1C(=O)N2C(C(=O)O)=C(C(CP(=O)(O)O)Sc3nn[nH]n3)CS[C@H]12. The van der Waals surface area contributed by atoms with Gasteiger partial charge in [0.05, 0.1) is 6.16 Å². The van der Waals surface area contributed by atoms with E-state index in [1.165, 1.54) is 11.8 Å². The molecule has 136 valence electrons. The first-order chi connectivity index (χ1) is 11.7. The van der Waals surface area contributed by atoms with Crippen LogP contribution in [-0.4, -0.2) is 80.9 Å². The summed E-state index contributed by atoms with van der Waals surface area (Å²) in [5.41, 5.74) is 5.61. The number of H-pyrrole nitrogens is 1. The van der Waals surface area contributed by atoms with E-state index >= 15 is 0 Å². The van der Waals surface area contributed by atoms with E-state index < -0.39 is 42.3 Å². The van der Waals surface area contributed by atoms with Crippen molar-refractivity contribution in [2.45, 2.75) is 21.8 Å². The van der Waals surface area contributed by atoms with Gasteiger partial charge in [0.1, 0.15) is 17.1 Å². The number of rotatable bonds is 6. The van der Waals surface area contributed by atoms with E-state index in [1.807, 2.05) is 0 Å². The molecule has 1 fully saturated rings. The Balaban J connectivity index is 2.00. The molecule has 3 heterocycles. The number of carbonyl (C=O) groups is 2. The number of aliphatic carboxylic acids is 1. The van der Waals surface area contributed by atoms with Crippen LogP contribution < -0.4 is 5.73 Å². The summed E-state index contributed by atoms with van der Waals surface area (Å²) < 4.78 is 11.5. The first-order valence-corrected chi connectivity index (χ1v) is 10.5. The number of carboxylic acid groups (broad SMARTS) is 1. The number of thioether (sulfide) groups is 2. The lowest BCUT2D eigenvalue weighted by Crippen LogP contribution is -2.68. The lowest BCUT2D eigenvalue weighted by atomic mass is 10.0. The number of hydrogen-bond acceptors (Lipinski definition) is 9. The molecule has 2 aliphatic rings. The number of carbonyl (C=O) groups excluding carboxylic acids is 1. The van der Waals surface area contributed by atoms with Crippen LogP contribution in [0.4, 0.5) is 0 Å². The average molecular weight is 408 g/mol. The minimum absolute atomic E-state index is 0.106. The Morgan fingerprint density at radius 3 is 2.84 bits per heavy atom. The third-order valence-corrected chi connectivity index (χ3v) is 7.14. The van der Waals surface area contributed by atoms with Crippen LogP contribution in [0.15, 0.2) is 16.4 Å². The van der Waals surface area contributed by atoms with Crippen molar-refractivity contribution in [3.8, 4) is 0 Å². The van der Waals surface area contributed by atoms with Crippen LogP contribution in [0.2, 0.25) is 0 Å². The van der Waals surface area contributed by atoms with Gasteiger partial charge in [-0.25, -0.2) is 4.79 Å². The largest absolute Gasteiger partial charge is 0.477 e. The second-order valence-electron chi connectivity index (χ2n) is 5.26. The van der Waals surface area contributed by atoms with Crippen LogP contribution in [0.3, 0.4) is 0 Å². The number of hydrogen-bond donors (Lipinski definition) is 5. The van der Waals surface area contributed by atoms with Crippen LogP contribution in [0, 0.1) is 0 Å². The van der Waals surface area contributed by atoms with Gasteiger partial charge in [-0.2, -0.15) is 5.21 Å². The van der Waals surface area contributed by atoms with Crippen LogP contribution >= 0.6 is 31.1 Å². The summed E-state index contributed by atoms with van der Waals surface area (Å²) >= 11 is 2.12. The number of aromatic amines is 1. The predicted octanol–water partition coefficient (Wildman–Crippen LogP) is -1.58. The number of nitrogens with two attached hydrogens (primary N) is 1. The Bertz CT molecular complexity index is 781. The Morgan fingerprint density at radius 2 is 2.28 bits per heavy atom. The first kappa shape index (κ1) is 18.4. The number of aromatic nitrogens is 4. The molecule has 1 aromatic heterocycles. The molecule has 1 aromatic rings. The third kappa shape index (κ3) is 3.59. The Morgan fingerprint density at radius 1 is 1.56 bits per heavy atom. The number of carboxylic acids is 1. The Kier molecular flexibility index (Phi) is 4.92. The number of fused-ring (bicyclic) bond motifs is 1. The zero-order chi connectivity index (χ0) is 18.4. The summed E-state index contributed by atoms with van der Waals surface area (Å²) in [5, 5.41) is 21.2. The molecule has 15 heteroatoms. The molecule has 1 amide bonds. The molecule has 6 N–H and O–H groups in total. The lowest BCUT2D eigenvalue weighted by Gasteiger charge is -2.48. The second-order valence-corrected chi connectivity index (χ2v) is 9.23. The van der Waals surface area contributed by atoms with Gasteiger partial charge in [0, 0.05) is 11.0 Å². The minimum Gasteiger partial charge on any atom is -0.477 e. The summed E-state index contributed by atoms with van der Waals surface area (Å²) in [7, 11) is -4.48. The Labute approximate surface area is 148 Å². The molecule has 0 bridgehead atoms. The average Bonchev–Trinajstić information content (AvgIpc) is 3.03. The zero-order valence-corrected chi connectivity index (χ0v) is 14.9. The van der Waals surface area contributed by atoms with Crippen molar-refractivity contribution in [2.75, 3.05) is 11.9 Å². The maximum absolute atomic E-state index is 12.0. The van der Waals surface area contributed by atoms with E-state index in [0.717, 1.165) is 16.7 Å². The summed E-state index contributed by atoms with van der Waals surface area (Å²) in [6.45, 7) is 0. The molecule has 1 unspecified atom stereocenters. The fourth-order valence-electron chi connectivity index (χ4n) is 2.55. The molecule has 25 heavy (non-hydrogen) atoms. The van der Waals surface area contributed by atoms with Crippen molar-refractivity contribution in [1.29, 1.82) is 0 Å². The normalized spacial score (nSPS) is 24.8. The molecule has 0 saturated carbocycles. The lowest BCUT2D eigenvalue weighted by molar-refractivity contribution is -0.148. The van der Waals surface area contributed by atoms with Crippen molar-refractivity contribution in [3.05, 3.63) is 11.3 Å². The van der Waals surface area contributed by atoms with Crippen LogP contribution in [0.1, 0.15) is 0 Å². The number of amides is 1. The zero-order valence-electron chi connectivity index (χ0n) is 12.3. The van der Waals surface area contributed by atoms with Gasteiger partial charge in [-0.05, 0) is 10.8 Å². The van der Waals surface area contributed by atoms with E-state index in [9.17, 15) is 29.0 Å². The monoisotopic (exact) mass is 408 g/mol. The highest BCUT2D eigenvalue weighted by Crippen LogP contribution is 2.47. The third-order valence-electron chi connectivity index (χ3n) is 3.61. The fourth-order valence-corrected chi connectivity index (χ4v) is 6.33. The van der Waals surface area contributed by atoms with Gasteiger partial charge in [0.2, 0.25) is 11.1 Å². The highest BCUT2D eigenvalue weighted by Gasteiger charge is 2.52. The van der Waals surface area contributed by atoms with Crippen molar-refractivity contribution in [2.24, 2.45) is 5.73 Å². The molecular formula is C10H13N6O6PS2. The van der Waals surface area contributed by atoms with E-state index in [-0.39, 0.29) is 22.2 Å². The van der Waals surface area contributed by atoms with Gasteiger partial charge in [0.25, 0.3) is 0 Å². The van der Waals surface area contributed by atoms with E-state index in [2.05, 4.69) is 20.6 Å². The van der Waals surface area contributed by atoms with E-state index in [0.29, 0.717) is 0 Å². The van der Waals surface area contributed by atoms with Gasteiger partial charge >= 0.3 is 13.6 Å². The van der Waals surface area contributed by atoms with Crippen LogP contribution in [0.25, 0.3) is 0 Å². The number of β-lactam (4-membered cyclic amide) rings is 1. The van der Waals surface area contributed by atoms with Gasteiger partial charge in [0.15, 0.2) is 0 Å². The molecule has 0 spiro atoms. The molecule has 0 aromatic carbocycles. The second kappa shape index (κ2) is 6.70. The fraction of sp³-hybridized carbons (Fsp3) is 0.500. The van der Waals surface area contributed by atoms with Crippen molar-refractivity contribution in [1.82, 2.24) is 25.5 Å². The topological polar surface area (TPSA) is 196 Å².